The van der Waals surface area contributed by atoms with Crippen LogP contribution in [0.2, 0.25) is 0 Å². The number of aliphatic hydroxyl groups excluding tert-OH is 2. The minimum absolute atomic E-state index is 0.0211. The molecule has 34 nitrogen and oxygen atoms in total. The van der Waals surface area contributed by atoms with Gasteiger partial charge in [0.1, 0.15) is 48.6 Å². The maximum absolute atomic E-state index is 15.0. The molecular weight excluding hydrogens is 1780 g/mol. The summed E-state index contributed by atoms with van der Waals surface area (Å²) in [7, 11) is 0. The molecule has 0 aliphatic heterocycles. The molecule has 0 saturated carbocycles. The van der Waals surface area contributed by atoms with E-state index in [4.69, 9.17) is 63.2 Å². The van der Waals surface area contributed by atoms with Crippen molar-refractivity contribution in [2.45, 2.75) is 165 Å². The summed E-state index contributed by atoms with van der Waals surface area (Å²) >= 11 is 1.51. The van der Waals surface area contributed by atoms with Crippen LogP contribution in [0.25, 0.3) is 22.3 Å². The molecule has 6 aromatic rings. The SMILES string of the molecule is CC(C)(C)[C@H](c1cc(-c2cc(F)ccc2F)cn1Cc1ccccc1)N(CC[C@H](N)C(=O)NCCCC(=O)CNC(=O)C(CC(=O)O)SC[C@H](N)C(=O)O)C(=O)CO.CC(C)(C)[C@H](c1cc(-c2cc(F)ccc2F)cn1Cc1ccccc1)N(CC[C@H](N)C(=O)NCCCC(=O)CNC(=O)C(CC(=O)O)SC[C@H](N)C(=O)O)C(=O)CO.O=C(O)C(F)(F)F.O=C(O)C(F)(F)F. The van der Waals surface area contributed by atoms with E-state index >= 15 is 8.78 Å². The maximum Gasteiger partial charge on any atom is 0.490 e. The molecule has 0 aliphatic rings. The van der Waals surface area contributed by atoms with Crippen LogP contribution in [-0.2, 0) is 80.2 Å². The van der Waals surface area contributed by atoms with Crippen molar-refractivity contribution in [1.29, 1.82) is 0 Å². The van der Waals surface area contributed by atoms with Gasteiger partial charge in [0, 0.05) is 110 Å². The highest BCUT2D eigenvalue weighted by Crippen LogP contribution is 2.44. The van der Waals surface area contributed by atoms with E-state index in [-0.39, 0.29) is 87.3 Å². The molecule has 2 heterocycles. The standard InChI is InChI=1S/2C40H52F2N6O9S.2C2HF3O2/c2*1-40(2,3)36(32-16-25(28-17-26(41)11-12-29(28)42)21-47(32)20-24-8-5-4-6-9-24)48(34(51)22-49)15-13-30(43)37(54)45-14-7-10-27(50)19-46-38(55)33(18-35(52)53)58-23-31(44)39(56)57;2*3-2(4,5)1(6)7/h2*4-6,8-9,11-12,16-17,21,30-31,33,36,49H,7,10,13-15,18-20,22-23,43-44H2,1-3H3,(H,45,54)(H,46,55)(H,52,53)(H,56,57);2*(H,6,7)/t2*30-,31-,33?,36-;;/m00../s1. The topological polar surface area (TPSA) is 569 Å². The lowest BCUT2D eigenvalue weighted by atomic mass is 9.82. The Morgan fingerprint density at radius 3 is 1.03 bits per heavy atom. The summed E-state index contributed by atoms with van der Waals surface area (Å²) in [5, 5.41) is 78.2. The van der Waals surface area contributed by atoms with Crippen LogP contribution < -0.4 is 44.2 Å². The Morgan fingerprint density at radius 1 is 0.438 bits per heavy atom. The van der Waals surface area contributed by atoms with Gasteiger partial charge in [-0.2, -0.15) is 26.3 Å². The van der Waals surface area contributed by atoms with E-state index in [0.29, 0.717) is 35.6 Å². The molecule has 6 rings (SSSR count). The average Bonchev–Trinajstić information content (AvgIpc) is 1.60. The van der Waals surface area contributed by atoms with Gasteiger partial charge in [0.05, 0.1) is 60.6 Å². The predicted molar refractivity (Wildman–Crippen MR) is 454 cm³/mol. The number of ketones is 2. The van der Waals surface area contributed by atoms with E-state index in [1.54, 1.807) is 24.5 Å². The van der Waals surface area contributed by atoms with Crippen molar-refractivity contribution in [3.63, 3.8) is 0 Å². The number of nitrogens with one attached hydrogen (secondary N) is 4. The Bertz CT molecular complexity index is 4530. The summed E-state index contributed by atoms with van der Waals surface area (Å²) in [4.78, 5) is 168. The van der Waals surface area contributed by atoms with Gasteiger partial charge in [0.15, 0.2) is 11.6 Å². The number of carboxylic acid groups (broad SMARTS) is 6. The number of hydrogen-bond donors (Lipinski definition) is 16. The lowest BCUT2D eigenvalue weighted by Crippen LogP contribution is -2.47. The van der Waals surface area contributed by atoms with Gasteiger partial charge in [0.2, 0.25) is 35.4 Å². The quantitative estimate of drug-likeness (QED) is 0.0141. The van der Waals surface area contributed by atoms with Crippen LogP contribution in [0.15, 0.2) is 122 Å². The first-order valence-electron chi connectivity index (χ1n) is 39.6. The summed E-state index contributed by atoms with van der Waals surface area (Å²) in [5.41, 5.74) is 25.8. The molecule has 4 aromatic carbocycles. The third-order valence-electron chi connectivity index (χ3n) is 18.7. The number of Topliss-reactive ketones (excluding diaryl/α,β-unsaturated/α-hetero) is 2. The van der Waals surface area contributed by atoms with E-state index in [1.165, 1.54) is 9.80 Å². The van der Waals surface area contributed by atoms with Crippen LogP contribution in [0.1, 0.15) is 128 Å². The van der Waals surface area contributed by atoms with Crippen LogP contribution in [0, 0.1) is 34.1 Å². The number of amides is 6. The van der Waals surface area contributed by atoms with Crippen LogP contribution in [0.5, 0.6) is 0 Å². The number of aromatic nitrogens is 2. The number of halogens is 10. The first-order chi connectivity index (χ1) is 60.5. The monoisotopic (exact) mass is 1890 g/mol. The predicted octanol–water partition coefficient (Wildman–Crippen LogP) is 6.62. The highest BCUT2D eigenvalue weighted by atomic mass is 32.2. The van der Waals surface area contributed by atoms with Crippen molar-refractivity contribution in [1.82, 2.24) is 40.2 Å². The second kappa shape index (κ2) is 53.4. The van der Waals surface area contributed by atoms with Crippen LogP contribution in [0.4, 0.5) is 43.9 Å². The van der Waals surface area contributed by atoms with Crippen molar-refractivity contribution in [2.24, 2.45) is 33.8 Å². The number of benzene rings is 4. The van der Waals surface area contributed by atoms with E-state index in [2.05, 4.69) is 21.3 Å². The van der Waals surface area contributed by atoms with Crippen molar-refractivity contribution in [2.75, 3.05) is 64.0 Å². The summed E-state index contributed by atoms with van der Waals surface area (Å²) in [6, 6.07) is 22.3. The van der Waals surface area contributed by atoms with E-state index < -0.39 is 215 Å². The molecule has 2 unspecified atom stereocenters. The fourth-order valence-electron chi connectivity index (χ4n) is 12.4. The van der Waals surface area contributed by atoms with Gasteiger partial charge in [-0.05, 0) is 96.2 Å². The zero-order valence-electron chi connectivity index (χ0n) is 71.3. The molecule has 8 atom stereocenters. The minimum atomic E-state index is -5.08. The molecule has 46 heteroatoms. The van der Waals surface area contributed by atoms with E-state index in [9.17, 15) is 103 Å². The van der Waals surface area contributed by atoms with Crippen LogP contribution in [0.3, 0.4) is 0 Å². The lowest BCUT2D eigenvalue weighted by molar-refractivity contribution is -0.193. The van der Waals surface area contributed by atoms with Crippen LogP contribution >= 0.6 is 23.5 Å². The number of carbonyl (C=O) groups is 14. The number of alkyl halides is 6. The van der Waals surface area contributed by atoms with Gasteiger partial charge in [-0.25, -0.2) is 27.2 Å². The molecule has 6 amide bonds. The number of nitrogens with zero attached hydrogens (tertiary/aromatic N) is 4. The van der Waals surface area contributed by atoms with Gasteiger partial charge in [0.25, 0.3) is 0 Å². The lowest BCUT2D eigenvalue weighted by Gasteiger charge is -2.41. The Balaban J connectivity index is 0.000000582. The number of thioether (sulfide) groups is 2. The largest absolute Gasteiger partial charge is 0.490 e. The molecule has 0 bridgehead atoms. The Labute approximate surface area is 747 Å². The second-order valence-electron chi connectivity index (χ2n) is 31.2. The van der Waals surface area contributed by atoms with E-state index in [0.717, 1.165) is 71.0 Å². The van der Waals surface area contributed by atoms with Gasteiger partial charge < -0.3 is 104 Å². The number of aliphatic carboxylic acids is 6. The second-order valence-corrected chi connectivity index (χ2v) is 33.7. The normalized spacial score (nSPS) is 13.3. The highest BCUT2D eigenvalue weighted by Gasteiger charge is 2.42. The Morgan fingerprint density at radius 2 is 0.754 bits per heavy atom. The number of aliphatic hydroxyl groups is 2. The van der Waals surface area contributed by atoms with Crippen molar-refractivity contribution >= 4 is 106 Å². The summed E-state index contributed by atoms with van der Waals surface area (Å²) in [6.07, 6.45) is -7.77. The first kappa shape index (κ1) is 112. The average molecular weight is 1890 g/mol. The smallest absolute Gasteiger partial charge is 0.481 e. The Hall–Kier alpha value is -11.8. The number of carbonyl (C=O) groups excluding carboxylic acids is 8. The molecule has 20 N–H and O–H groups in total. The maximum atomic E-state index is 15.0. The third kappa shape index (κ3) is 39.2. The fraction of sp³-hybridized carbons (Fsp3) is 0.452. The molecule has 0 fully saturated rings. The first-order valence-corrected chi connectivity index (χ1v) is 41.7. The van der Waals surface area contributed by atoms with E-state index in [1.807, 2.05) is 111 Å². The summed E-state index contributed by atoms with van der Waals surface area (Å²) in [6.45, 7) is 9.47. The summed E-state index contributed by atoms with van der Waals surface area (Å²) < 4.78 is 126. The van der Waals surface area contributed by atoms with Crippen molar-refractivity contribution in [3.8, 4) is 22.3 Å². The fourth-order valence-corrected chi connectivity index (χ4v) is 14.6. The molecular formula is C84H106F10N12O22S2. The molecule has 0 radical (unpaired) electrons. The molecule has 0 aliphatic carbocycles. The van der Waals surface area contributed by atoms with Crippen molar-refractivity contribution in [3.05, 3.63) is 167 Å². The molecule has 130 heavy (non-hydrogen) atoms. The molecule has 716 valence electrons. The number of rotatable bonds is 46. The van der Waals surface area contributed by atoms with Crippen molar-refractivity contribution < 1.29 is 152 Å². The van der Waals surface area contributed by atoms with Crippen LogP contribution in [-0.4, -0.2) is 254 Å². The van der Waals surface area contributed by atoms with Gasteiger partial charge >= 0.3 is 48.2 Å². The minimum Gasteiger partial charge on any atom is -0.481 e. The number of nitrogens with two attached hydrogens (primary N) is 4. The Kier molecular flexibility index (Phi) is 46.1. The molecule has 0 spiro atoms. The molecule has 2 aromatic heterocycles. The zero-order valence-corrected chi connectivity index (χ0v) is 72.9. The number of hydrogen-bond acceptors (Lipinski definition) is 22. The number of carboxylic acids is 6. The zero-order chi connectivity index (χ0) is 98.5. The highest BCUT2D eigenvalue weighted by molar-refractivity contribution is 8.00. The van der Waals surface area contributed by atoms with Gasteiger partial charge in [-0.1, -0.05) is 102 Å². The van der Waals surface area contributed by atoms with Gasteiger partial charge in [-0.15, -0.1) is 23.5 Å². The third-order valence-corrected chi connectivity index (χ3v) is 21.3. The molecule has 0 saturated heterocycles. The van der Waals surface area contributed by atoms with Gasteiger partial charge in [-0.3, -0.25) is 57.5 Å². The summed E-state index contributed by atoms with van der Waals surface area (Å²) in [5.74, 6) is -18.4.